The fourth-order valence-corrected chi connectivity index (χ4v) is 4.82. The predicted molar refractivity (Wildman–Crippen MR) is 130 cm³/mol. The molecule has 2 N–H and O–H groups in total. The number of piperidine rings is 1. The van der Waals surface area contributed by atoms with Crippen LogP contribution in [0.4, 0.5) is 5.69 Å². The van der Waals surface area contributed by atoms with Gasteiger partial charge in [0.15, 0.2) is 5.65 Å². The molecule has 180 valence electrons. The molecule has 0 spiro atoms. The van der Waals surface area contributed by atoms with Crippen LogP contribution in [-0.4, -0.2) is 81.7 Å². The van der Waals surface area contributed by atoms with Crippen LogP contribution >= 0.6 is 0 Å². The SMILES string of the molecule is C=CC(=O)N1CCO[C@H](CN2CCC(Nc3cc([C@@H](C)O)cn4c(C(C)C)cnc34)CC2)C1. The first-order valence-electron chi connectivity index (χ1n) is 12.1. The van der Waals surface area contributed by atoms with Gasteiger partial charge in [0, 0.05) is 56.9 Å². The molecule has 8 heteroatoms. The summed E-state index contributed by atoms with van der Waals surface area (Å²) in [6.07, 6.45) is 6.87. The molecule has 2 aliphatic heterocycles. The van der Waals surface area contributed by atoms with E-state index in [1.54, 1.807) is 6.92 Å². The minimum Gasteiger partial charge on any atom is -0.389 e. The second-order valence-electron chi connectivity index (χ2n) is 9.59. The van der Waals surface area contributed by atoms with Gasteiger partial charge in [-0.1, -0.05) is 20.4 Å². The summed E-state index contributed by atoms with van der Waals surface area (Å²) in [6.45, 7) is 14.4. The molecule has 1 amide bonds. The van der Waals surface area contributed by atoms with Crippen molar-refractivity contribution in [2.45, 2.75) is 57.8 Å². The smallest absolute Gasteiger partial charge is 0.246 e. The first-order chi connectivity index (χ1) is 15.9. The standard InChI is InChI=1S/C25H37N5O3/c1-5-24(32)29-10-11-33-21(16-29)15-28-8-6-20(7-9-28)27-22-12-19(18(4)31)14-30-23(17(2)3)13-26-25(22)30/h5,12-14,17-18,20-21,27,31H,1,6-11,15-16H2,2-4H3/t18-,21-/m1/s1. The van der Waals surface area contributed by atoms with Crippen molar-refractivity contribution in [2.75, 3.05) is 44.6 Å². The number of pyridine rings is 1. The zero-order chi connectivity index (χ0) is 23.5. The maximum Gasteiger partial charge on any atom is 0.246 e. The number of nitrogens with zero attached hydrogens (tertiary/aromatic N) is 4. The Labute approximate surface area is 196 Å². The van der Waals surface area contributed by atoms with Gasteiger partial charge in [0.05, 0.1) is 24.5 Å². The highest BCUT2D eigenvalue weighted by atomic mass is 16.5. The van der Waals surface area contributed by atoms with Gasteiger partial charge in [-0.3, -0.25) is 4.79 Å². The van der Waals surface area contributed by atoms with Crippen LogP contribution in [0, 0.1) is 0 Å². The monoisotopic (exact) mass is 455 g/mol. The van der Waals surface area contributed by atoms with Gasteiger partial charge in [-0.2, -0.15) is 0 Å². The summed E-state index contributed by atoms with van der Waals surface area (Å²) in [5, 5.41) is 13.9. The highest BCUT2D eigenvalue weighted by Gasteiger charge is 2.27. The summed E-state index contributed by atoms with van der Waals surface area (Å²) in [5.74, 6) is 0.330. The van der Waals surface area contributed by atoms with Crippen LogP contribution in [0.1, 0.15) is 56.9 Å². The number of carbonyl (C=O) groups excluding carboxylic acids is 1. The Kier molecular flexibility index (Phi) is 7.36. The molecule has 4 heterocycles. The van der Waals surface area contributed by atoms with Gasteiger partial charge in [0.25, 0.3) is 0 Å². The van der Waals surface area contributed by atoms with E-state index >= 15 is 0 Å². The number of hydrogen-bond acceptors (Lipinski definition) is 6. The maximum atomic E-state index is 11.9. The summed E-state index contributed by atoms with van der Waals surface area (Å²) < 4.78 is 8.03. The molecule has 0 aromatic carbocycles. The molecule has 2 saturated heterocycles. The summed E-state index contributed by atoms with van der Waals surface area (Å²) in [5.41, 5.74) is 3.92. The van der Waals surface area contributed by atoms with Gasteiger partial charge >= 0.3 is 0 Å². The third-order valence-corrected chi connectivity index (χ3v) is 6.76. The van der Waals surface area contributed by atoms with E-state index in [2.05, 4.69) is 40.0 Å². The Morgan fingerprint density at radius 3 is 2.76 bits per heavy atom. The van der Waals surface area contributed by atoms with E-state index in [-0.39, 0.29) is 12.0 Å². The highest BCUT2D eigenvalue weighted by molar-refractivity contribution is 5.87. The normalized spacial score (nSPS) is 21.5. The number of imidazole rings is 1. The minimum atomic E-state index is -0.540. The lowest BCUT2D eigenvalue weighted by molar-refractivity contribution is -0.134. The quantitative estimate of drug-likeness (QED) is 0.625. The van der Waals surface area contributed by atoms with E-state index in [4.69, 9.17) is 4.74 Å². The number of rotatable bonds is 7. The first-order valence-corrected chi connectivity index (χ1v) is 12.1. The number of carbonyl (C=O) groups is 1. The molecule has 2 atom stereocenters. The average molecular weight is 456 g/mol. The van der Waals surface area contributed by atoms with Crippen LogP contribution in [0.3, 0.4) is 0 Å². The second kappa shape index (κ2) is 10.2. The number of fused-ring (bicyclic) bond motifs is 1. The zero-order valence-electron chi connectivity index (χ0n) is 20.0. The van der Waals surface area contributed by atoms with Crippen LogP contribution in [0.25, 0.3) is 5.65 Å². The lowest BCUT2D eigenvalue weighted by atomic mass is 10.0. The van der Waals surface area contributed by atoms with E-state index in [9.17, 15) is 9.90 Å². The molecule has 33 heavy (non-hydrogen) atoms. The van der Waals surface area contributed by atoms with Crippen LogP contribution < -0.4 is 5.32 Å². The summed E-state index contributed by atoms with van der Waals surface area (Å²) in [6, 6.07) is 2.38. The number of aliphatic hydroxyl groups is 1. The van der Waals surface area contributed by atoms with Crippen molar-refractivity contribution in [3.8, 4) is 0 Å². The first kappa shape index (κ1) is 23.7. The number of ether oxygens (including phenoxy) is 1. The Morgan fingerprint density at radius 2 is 2.09 bits per heavy atom. The van der Waals surface area contributed by atoms with E-state index in [1.165, 1.54) is 6.08 Å². The van der Waals surface area contributed by atoms with Crippen molar-refractivity contribution < 1.29 is 14.6 Å². The maximum absolute atomic E-state index is 11.9. The third-order valence-electron chi connectivity index (χ3n) is 6.76. The molecule has 2 aromatic rings. The lowest BCUT2D eigenvalue weighted by Gasteiger charge is -2.38. The van der Waals surface area contributed by atoms with Crippen LogP contribution in [0.15, 0.2) is 31.1 Å². The average Bonchev–Trinajstić information content (AvgIpc) is 3.25. The molecule has 0 saturated carbocycles. The van der Waals surface area contributed by atoms with Crippen LogP contribution in [0.2, 0.25) is 0 Å². The van der Waals surface area contributed by atoms with Gasteiger partial charge in [0.1, 0.15) is 0 Å². The molecular formula is C25H37N5O3. The molecule has 2 aromatic heterocycles. The Hall–Kier alpha value is -2.42. The van der Waals surface area contributed by atoms with Gasteiger partial charge in [-0.15, -0.1) is 0 Å². The van der Waals surface area contributed by atoms with Crippen molar-refractivity contribution in [3.63, 3.8) is 0 Å². The molecule has 0 unspecified atom stereocenters. The third kappa shape index (κ3) is 5.39. The highest BCUT2D eigenvalue weighted by Crippen LogP contribution is 2.28. The van der Waals surface area contributed by atoms with Crippen molar-refractivity contribution in [3.05, 3.63) is 42.4 Å². The number of aliphatic hydroxyl groups excluding tert-OH is 1. The molecule has 2 aliphatic rings. The minimum absolute atomic E-state index is 0.0171. The molecule has 4 rings (SSSR count). The number of aromatic nitrogens is 2. The summed E-state index contributed by atoms with van der Waals surface area (Å²) >= 11 is 0. The van der Waals surface area contributed by atoms with Gasteiger partial charge in [-0.05, 0) is 43.4 Å². The topological polar surface area (TPSA) is 82.3 Å². The van der Waals surface area contributed by atoms with Crippen molar-refractivity contribution >= 4 is 17.2 Å². The van der Waals surface area contributed by atoms with E-state index in [0.717, 1.165) is 55.1 Å². The van der Waals surface area contributed by atoms with Gasteiger partial charge < -0.3 is 29.4 Å². The Bertz CT molecular complexity index is 978. The number of amides is 1. The molecule has 2 fully saturated rings. The van der Waals surface area contributed by atoms with E-state index in [0.29, 0.717) is 31.7 Å². The molecular weight excluding hydrogens is 418 g/mol. The van der Waals surface area contributed by atoms with Crippen LogP contribution in [0.5, 0.6) is 0 Å². The predicted octanol–water partition coefficient (Wildman–Crippen LogP) is 2.80. The molecule has 0 bridgehead atoms. The molecule has 8 nitrogen and oxygen atoms in total. The van der Waals surface area contributed by atoms with Crippen molar-refractivity contribution in [1.29, 1.82) is 0 Å². The largest absolute Gasteiger partial charge is 0.389 e. The van der Waals surface area contributed by atoms with Crippen LogP contribution in [-0.2, 0) is 9.53 Å². The van der Waals surface area contributed by atoms with Crippen molar-refractivity contribution in [1.82, 2.24) is 19.2 Å². The lowest BCUT2D eigenvalue weighted by Crippen LogP contribution is -2.51. The van der Waals surface area contributed by atoms with Crippen molar-refractivity contribution in [2.24, 2.45) is 0 Å². The Morgan fingerprint density at radius 1 is 1.33 bits per heavy atom. The summed E-state index contributed by atoms with van der Waals surface area (Å²) in [7, 11) is 0. The van der Waals surface area contributed by atoms with E-state index < -0.39 is 6.10 Å². The van der Waals surface area contributed by atoms with E-state index in [1.807, 2.05) is 23.4 Å². The Balaban J connectivity index is 1.38. The summed E-state index contributed by atoms with van der Waals surface area (Å²) in [4.78, 5) is 20.9. The molecule has 0 radical (unpaired) electrons. The van der Waals surface area contributed by atoms with Gasteiger partial charge in [-0.25, -0.2) is 4.98 Å². The number of likely N-dealkylation sites (tertiary alicyclic amines) is 1. The molecule has 0 aliphatic carbocycles. The number of hydrogen-bond donors (Lipinski definition) is 2. The number of morpholine rings is 1. The fourth-order valence-electron chi connectivity index (χ4n) is 4.82. The second-order valence-corrected chi connectivity index (χ2v) is 9.59. The van der Waals surface area contributed by atoms with Gasteiger partial charge in [0.2, 0.25) is 5.91 Å². The number of anilines is 1. The number of nitrogens with one attached hydrogen (secondary N) is 1. The fraction of sp³-hybridized carbons (Fsp3) is 0.600. The zero-order valence-corrected chi connectivity index (χ0v) is 20.0.